The monoisotopic (exact) mass is 261 g/mol. The van der Waals surface area contributed by atoms with Crippen molar-refractivity contribution in [1.82, 2.24) is 0 Å². The van der Waals surface area contributed by atoms with E-state index in [2.05, 4.69) is 0 Å². The first kappa shape index (κ1) is 12.3. The Balaban J connectivity index is 1.92. The average Bonchev–Trinajstić information content (AvgIpc) is 2.40. The lowest BCUT2D eigenvalue weighted by Gasteiger charge is -2.39. The van der Waals surface area contributed by atoms with Gasteiger partial charge < -0.3 is 21.1 Å². The SMILES string of the molecule is Nc1ccc2c(c1)N(C1CCC(N)CC1)C(=O)CO2. The fraction of sp³-hybridized carbons (Fsp3) is 0.500. The molecule has 5 nitrogen and oxygen atoms in total. The van der Waals surface area contributed by atoms with E-state index in [1.807, 2.05) is 17.0 Å². The fourth-order valence-corrected chi connectivity index (χ4v) is 2.95. The standard InChI is InChI=1S/C14H19N3O2/c15-9-1-4-11(5-2-9)17-12-7-10(16)3-6-13(12)19-8-14(17)18/h3,6-7,9,11H,1-2,4-5,8,15-16H2. The van der Waals surface area contributed by atoms with Crippen LogP contribution in [-0.4, -0.2) is 24.6 Å². The van der Waals surface area contributed by atoms with Crippen LogP contribution in [0, 0.1) is 0 Å². The van der Waals surface area contributed by atoms with Crippen LogP contribution in [-0.2, 0) is 4.79 Å². The third kappa shape index (κ3) is 2.26. The Morgan fingerprint density at radius 2 is 1.95 bits per heavy atom. The highest BCUT2D eigenvalue weighted by molar-refractivity contribution is 5.98. The van der Waals surface area contributed by atoms with E-state index in [0.717, 1.165) is 37.1 Å². The Kier molecular flexibility index (Phi) is 3.06. The molecule has 1 amide bonds. The van der Waals surface area contributed by atoms with Crippen molar-refractivity contribution < 1.29 is 9.53 Å². The lowest BCUT2D eigenvalue weighted by atomic mass is 9.90. The van der Waals surface area contributed by atoms with E-state index in [1.54, 1.807) is 6.07 Å². The lowest BCUT2D eigenvalue weighted by Crippen LogP contribution is -2.48. The molecule has 1 aromatic carbocycles. The van der Waals surface area contributed by atoms with Gasteiger partial charge in [-0.1, -0.05) is 0 Å². The number of carbonyl (C=O) groups is 1. The van der Waals surface area contributed by atoms with Gasteiger partial charge in [0.2, 0.25) is 0 Å². The molecule has 19 heavy (non-hydrogen) atoms. The van der Waals surface area contributed by atoms with Crippen LogP contribution in [0.5, 0.6) is 5.75 Å². The second-order valence-corrected chi connectivity index (χ2v) is 5.35. The average molecular weight is 261 g/mol. The summed E-state index contributed by atoms with van der Waals surface area (Å²) >= 11 is 0. The van der Waals surface area contributed by atoms with Crippen molar-refractivity contribution in [3.8, 4) is 5.75 Å². The van der Waals surface area contributed by atoms with Crippen LogP contribution in [0.4, 0.5) is 11.4 Å². The van der Waals surface area contributed by atoms with Crippen LogP contribution in [0.1, 0.15) is 25.7 Å². The molecule has 0 aromatic heterocycles. The van der Waals surface area contributed by atoms with Crippen molar-refractivity contribution in [2.45, 2.75) is 37.8 Å². The number of nitrogens with two attached hydrogens (primary N) is 2. The van der Waals surface area contributed by atoms with Crippen molar-refractivity contribution in [2.75, 3.05) is 17.2 Å². The quantitative estimate of drug-likeness (QED) is 0.746. The minimum atomic E-state index is 0.0126. The second-order valence-electron chi connectivity index (χ2n) is 5.35. The second kappa shape index (κ2) is 4.74. The van der Waals surface area contributed by atoms with Crippen LogP contribution in [0.15, 0.2) is 18.2 Å². The first-order valence-corrected chi connectivity index (χ1v) is 6.75. The van der Waals surface area contributed by atoms with Crippen LogP contribution in [0.2, 0.25) is 0 Å². The van der Waals surface area contributed by atoms with E-state index in [4.69, 9.17) is 16.2 Å². The van der Waals surface area contributed by atoms with Gasteiger partial charge in [0, 0.05) is 17.8 Å². The number of hydrogen-bond acceptors (Lipinski definition) is 4. The fourth-order valence-electron chi connectivity index (χ4n) is 2.95. The molecule has 0 saturated heterocycles. The Bertz CT molecular complexity index is 495. The van der Waals surface area contributed by atoms with Crippen LogP contribution in [0.25, 0.3) is 0 Å². The van der Waals surface area contributed by atoms with Gasteiger partial charge in [-0.3, -0.25) is 4.79 Å². The molecule has 1 heterocycles. The molecule has 2 aliphatic rings. The maximum absolute atomic E-state index is 12.2. The summed E-state index contributed by atoms with van der Waals surface area (Å²) in [5.74, 6) is 0.752. The molecule has 4 N–H and O–H groups in total. The molecule has 0 atom stereocenters. The maximum Gasteiger partial charge on any atom is 0.265 e. The lowest BCUT2D eigenvalue weighted by molar-refractivity contribution is -0.122. The zero-order valence-electron chi connectivity index (χ0n) is 10.8. The predicted molar refractivity (Wildman–Crippen MR) is 74.1 cm³/mol. The molecule has 0 radical (unpaired) electrons. The van der Waals surface area contributed by atoms with Crippen molar-refractivity contribution in [1.29, 1.82) is 0 Å². The van der Waals surface area contributed by atoms with E-state index < -0.39 is 0 Å². The zero-order valence-corrected chi connectivity index (χ0v) is 10.8. The minimum Gasteiger partial charge on any atom is -0.482 e. The summed E-state index contributed by atoms with van der Waals surface area (Å²) in [6.45, 7) is 0.111. The zero-order chi connectivity index (χ0) is 13.4. The van der Waals surface area contributed by atoms with Gasteiger partial charge in [-0.15, -0.1) is 0 Å². The molecule has 1 fully saturated rings. The summed E-state index contributed by atoms with van der Waals surface area (Å²) in [5, 5.41) is 0. The summed E-state index contributed by atoms with van der Waals surface area (Å²) in [6, 6.07) is 5.94. The largest absolute Gasteiger partial charge is 0.482 e. The smallest absolute Gasteiger partial charge is 0.265 e. The summed E-state index contributed by atoms with van der Waals surface area (Å²) < 4.78 is 5.46. The first-order valence-electron chi connectivity index (χ1n) is 6.75. The van der Waals surface area contributed by atoms with Crippen LogP contribution in [0.3, 0.4) is 0 Å². The third-order valence-electron chi connectivity index (χ3n) is 3.97. The molecule has 1 aromatic rings. The molecule has 5 heteroatoms. The van der Waals surface area contributed by atoms with E-state index >= 15 is 0 Å². The molecule has 1 aliphatic heterocycles. The summed E-state index contributed by atoms with van der Waals surface area (Å²) in [6.07, 6.45) is 3.82. The van der Waals surface area contributed by atoms with Gasteiger partial charge in [-0.2, -0.15) is 0 Å². The Morgan fingerprint density at radius 1 is 1.21 bits per heavy atom. The summed E-state index contributed by atoms with van der Waals surface area (Å²) in [5.41, 5.74) is 13.2. The molecule has 0 spiro atoms. The third-order valence-corrected chi connectivity index (χ3v) is 3.97. The van der Waals surface area contributed by atoms with Crippen LogP contribution < -0.4 is 21.1 Å². The highest BCUT2D eigenvalue weighted by Gasteiger charge is 2.33. The summed E-state index contributed by atoms with van der Waals surface area (Å²) in [7, 11) is 0. The maximum atomic E-state index is 12.2. The molecular formula is C14H19N3O2. The highest BCUT2D eigenvalue weighted by Crippen LogP contribution is 2.37. The molecule has 1 saturated carbocycles. The Hall–Kier alpha value is -1.75. The number of hydrogen-bond donors (Lipinski definition) is 2. The molecule has 1 aliphatic carbocycles. The molecule has 0 unspecified atom stereocenters. The topological polar surface area (TPSA) is 81.6 Å². The highest BCUT2D eigenvalue weighted by atomic mass is 16.5. The minimum absolute atomic E-state index is 0.0126. The first-order chi connectivity index (χ1) is 9.15. The van der Waals surface area contributed by atoms with Crippen molar-refractivity contribution in [2.24, 2.45) is 5.73 Å². The van der Waals surface area contributed by atoms with Gasteiger partial charge in [0.05, 0.1) is 5.69 Å². The normalized spacial score (nSPS) is 26.8. The summed E-state index contributed by atoms with van der Waals surface area (Å²) in [4.78, 5) is 14.0. The van der Waals surface area contributed by atoms with E-state index in [0.29, 0.717) is 5.69 Å². The number of nitrogen functional groups attached to an aromatic ring is 1. The van der Waals surface area contributed by atoms with Crippen molar-refractivity contribution in [3.05, 3.63) is 18.2 Å². The molecule has 102 valence electrons. The van der Waals surface area contributed by atoms with Gasteiger partial charge >= 0.3 is 0 Å². The number of nitrogens with zero attached hydrogens (tertiary/aromatic N) is 1. The molecular weight excluding hydrogens is 242 g/mol. The number of rotatable bonds is 1. The Labute approximate surface area is 112 Å². The van der Waals surface area contributed by atoms with Gasteiger partial charge in [0.25, 0.3) is 5.91 Å². The number of benzene rings is 1. The number of anilines is 2. The van der Waals surface area contributed by atoms with E-state index in [1.165, 1.54) is 0 Å². The van der Waals surface area contributed by atoms with Crippen molar-refractivity contribution >= 4 is 17.3 Å². The molecule has 3 rings (SSSR count). The number of carbonyl (C=O) groups excluding carboxylic acids is 1. The van der Waals surface area contributed by atoms with Gasteiger partial charge in [-0.05, 0) is 43.9 Å². The van der Waals surface area contributed by atoms with Gasteiger partial charge in [-0.25, -0.2) is 0 Å². The van der Waals surface area contributed by atoms with Crippen LogP contribution >= 0.6 is 0 Å². The number of ether oxygens (including phenoxy) is 1. The molecule has 0 bridgehead atoms. The van der Waals surface area contributed by atoms with Crippen molar-refractivity contribution in [3.63, 3.8) is 0 Å². The van der Waals surface area contributed by atoms with E-state index in [9.17, 15) is 4.79 Å². The predicted octanol–water partition coefficient (Wildman–Crippen LogP) is 1.26. The van der Waals surface area contributed by atoms with E-state index in [-0.39, 0.29) is 24.6 Å². The van der Waals surface area contributed by atoms with Gasteiger partial charge in [0.1, 0.15) is 5.75 Å². The number of amides is 1. The van der Waals surface area contributed by atoms with Gasteiger partial charge in [0.15, 0.2) is 6.61 Å². The Morgan fingerprint density at radius 3 is 2.68 bits per heavy atom. The number of fused-ring (bicyclic) bond motifs is 1.